The van der Waals surface area contributed by atoms with E-state index in [0.29, 0.717) is 18.1 Å². The number of nitrogens with zero attached hydrogens (tertiary/aromatic N) is 2. The maximum atomic E-state index is 13.3. The van der Waals surface area contributed by atoms with Gasteiger partial charge < -0.3 is 15.8 Å². The Kier molecular flexibility index (Phi) is 5.92. The van der Waals surface area contributed by atoms with Crippen LogP contribution in [0.4, 0.5) is 22.0 Å². The summed E-state index contributed by atoms with van der Waals surface area (Å²) in [4.78, 5) is 32.0. The number of nitrogens with two attached hydrogens (primary N) is 1. The third-order valence-corrected chi connectivity index (χ3v) is 6.56. The molecule has 170 valence electrons. The fourth-order valence-electron chi connectivity index (χ4n) is 4.37. The minimum absolute atomic E-state index is 0.0926. The van der Waals surface area contributed by atoms with Gasteiger partial charge in [-0.25, -0.2) is 9.78 Å². The van der Waals surface area contributed by atoms with Gasteiger partial charge in [0.25, 0.3) is 0 Å². The third kappa shape index (κ3) is 4.33. The summed E-state index contributed by atoms with van der Waals surface area (Å²) >= 11 is 3.34. The lowest BCUT2D eigenvalue weighted by Crippen LogP contribution is -2.46. The zero-order valence-electron chi connectivity index (χ0n) is 18.7. The summed E-state index contributed by atoms with van der Waals surface area (Å²) in [5, 5.41) is 2.93. The summed E-state index contributed by atoms with van der Waals surface area (Å²) in [5.41, 5.74) is 8.20. The number of carbonyl (C=O) groups is 2. The Morgan fingerprint density at radius 1 is 1.22 bits per heavy atom. The van der Waals surface area contributed by atoms with E-state index >= 15 is 0 Å². The highest BCUT2D eigenvalue weighted by molar-refractivity contribution is 9.10. The molecule has 2 heterocycles. The van der Waals surface area contributed by atoms with Crippen molar-refractivity contribution in [2.24, 2.45) is 0 Å². The second-order valence-electron chi connectivity index (χ2n) is 9.56. The van der Waals surface area contributed by atoms with E-state index in [-0.39, 0.29) is 12.0 Å². The van der Waals surface area contributed by atoms with Crippen LogP contribution < -0.4 is 16.0 Å². The number of nitrogen functional groups attached to an aromatic ring is 1. The smallest absolute Gasteiger partial charge is 0.414 e. The number of benzene rings is 1. The molecule has 7 nitrogen and oxygen atoms in total. The van der Waals surface area contributed by atoms with Gasteiger partial charge in [0.05, 0.1) is 16.8 Å². The SMILES string of the molecule is CC(C)(C)OC(=O)N1CCCc2cc(C3(C(=O)Nc4ncc(Br)cc4N)CCC3)ccc21. The highest BCUT2D eigenvalue weighted by Gasteiger charge is 2.46. The largest absolute Gasteiger partial charge is 0.443 e. The van der Waals surface area contributed by atoms with E-state index in [2.05, 4.69) is 32.3 Å². The highest BCUT2D eigenvalue weighted by atomic mass is 79.9. The van der Waals surface area contributed by atoms with E-state index in [1.54, 1.807) is 17.2 Å². The van der Waals surface area contributed by atoms with E-state index in [9.17, 15) is 9.59 Å². The van der Waals surface area contributed by atoms with E-state index in [4.69, 9.17) is 10.5 Å². The number of amides is 2. The molecule has 1 aromatic carbocycles. The number of hydrogen-bond acceptors (Lipinski definition) is 5. The zero-order valence-corrected chi connectivity index (χ0v) is 20.3. The molecule has 1 fully saturated rings. The number of nitrogens with one attached hydrogen (secondary N) is 1. The molecule has 1 aliphatic carbocycles. The molecule has 1 aliphatic heterocycles. The van der Waals surface area contributed by atoms with Crippen molar-refractivity contribution in [1.82, 2.24) is 4.98 Å². The number of ether oxygens (including phenoxy) is 1. The first-order valence-electron chi connectivity index (χ1n) is 11.0. The second kappa shape index (κ2) is 8.39. The summed E-state index contributed by atoms with van der Waals surface area (Å²) in [5.74, 6) is 0.281. The summed E-state index contributed by atoms with van der Waals surface area (Å²) < 4.78 is 6.35. The van der Waals surface area contributed by atoms with Crippen molar-refractivity contribution in [2.45, 2.75) is 63.9 Å². The topological polar surface area (TPSA) is 97.5 Å². The number of aromatic nitrogens is 1. The van der Waals surface area contributed by atoms with Crippen molar-refractivity contribution in [2.75, 3.05) is 22.5 Å². The standard InChI is InChI=1S/C24H29BrN4O3/c1-23(2,3)32-22(31)29-11-4-6-15-12-16(7-8-19(15)29)24(9-5-10-24)21(30)28-20-18(26)13-17(25)14-27-20/h7-8,12-14H,4-6,9-11,26H2,1-3H3,(H,27,28,30). The van der Waals surface area contributed by atoms with Crippen molar-refractivity contribution in [3.8, 4) is 0 Å². The fraction of sp³-hybridized carbons (Fsp3) is 0.458. The Hall–Kier alpha value is -2.61. The quantitative estimate of drug-likeness (QED) is 0.605. The molecule has 2 aliphatic rings. The Balaban J connectivity index is 1.60. The van der Waals surface area contributed by atoms with Crippen LogP contribution in [0.25, 0.3) is 0 Å². The molecule has 0 saturated heterocycles. The molecule has 3 N–H and O–H groups in total. The van der Waals surface area contributed by atoms with E-state index in [1.807, 2.05) is 32.9 Å². The van der Waals surface area contributed by atoms with Gasteiger partial charge in [0.15, 0.2) is 5.82 Å². The van der Waals surface area contributed by atoms with Crippen LogP contribution in [0, 0.1) is 0 Å². The van der Waals surface area contributed by atoms with Crippen molar-refractivity contribution in [1.29, 1.82) is 0 Å². The summed E-state index contributed by atoms with van der Waals surface area (Å²) in [6.45, 7) is 6.22. The molecule has 0 bridgehead atoms. The number of halogens is 1. The maximum absolute atomic E-state index is 13.3. The predicted molar refractivity (Wildman–Crippen MR) is 129 cm³/mol. The summed E-state index contributed by atoms with van der Waals surface area (Å²) in [7, 11) is 0. The zero-order chi connectivity index (χ0) is 23.1. The summed E-state index contributed by atoms with van der Waals surface area (Å²) in [6, 6.07) is 7.73. The molecule has 0 spiro atoms. The third-order valence-electron chi connectivity index (χ3n) is 6.12. The Morgan fingerprint density at radius 3 is 2.59 bits per heavy atom. The molecule has 0 unspecified atom stereocenters. The van der Waals surface area contributed by atoms with Gasteiger partial charge in [-0.05, 0) is 85.6 Å². The van der Waals surface area contributed by atoms with E-state index in [1.165, 1.54) is 0 Å². The lowest BCUT2D eigenvalue weighted by atomic mass is 9.63. The molecular weight excluding hydrogens is 472 g/mol. The van der Waals surface area contributed by atoms with Gasteiger partial charge in [-0.3, -0.25) is 9.69 Å². The van der Waals surface area contributed by atoms with Crippen molar-refractivity contribution >= 4 is 45.1 Å². The van der Waals surface area contributed by atoms with Gasteiger partial charge in [0.2, 0.25) is 5.91 Å². The molecule has 1 saturated carbocycles. The fourth-order valence-corrected chi connectivity index (χ4v) is 4.71. The Bertz CT molecular complexity index is 1060. The van der Waals surface area contributed by atoms with Gasteiger partial charge in [-0.15, -0.1) is 0 Å². The normalized spacial score (nSPS) is 17.2. The van der Waals surface area contributed by atoms with Gasteiger partial charge >= 0.3 is 6.09 Å². The van der Waals surface area contributed by atoms with Crippen molar-refractivity contribution < 1.29 is 14.3 Å². The average Bonchev–Trinajstić information content (AvgIpc) is 2.67. The van der Waals surface area contributed by atoms with Crippen LogP contribution in [0.15, 0.2) is 34.9 Å². The maximum Gasteiger partial charge on any atom is 0.414 e. The number of aryl methyl sites for hydroxylation is 1. The van der Waals surface area contributed by atoms with Crippen molar-refractivity contribution in [3.05, 3.63) is 46.1 Å². The predicted octanol–water partition coefficient (Wildman–Crippen LogP) is 5.17. The van der Waals surface area contributed by atoms with Crippen LogP contribution in [-0.4, -0.2) is 29.1 Å². The monoisotopic (exact) mass is 500 g/mol. The van der Waals surface area contributed by atoms with Crippen LogP contribution in [0.3, 0.4) is 0 Å². The van der Waals surface area contributed by atoms with Crippen LogP contribution in [-0.2, 0) is 21.4 Å². The van der Waals surface area contributed by atoms with Gasteiger partial charge in [-0.1, -0.05) is 18.6 Å². The molecule has 1 aromatic heterocycles. The molecular formula is C24H29BrN4O3. The number of fused-ring (bicyclic) bond motifs is 1. The number of anilines is 3. The Morgan fingerprint density at radius 2 is 1.97 bits per heavy atom. The first-order chi connectivity index (χ1) is 15.1. The van der Waals surface area contributed by atoms with Crippen LogP contribution in [0.5, 0.6) is 0 Å². The van der Waals surface area contributed by atoms with Crippen LogP contribution in [0.1, 0.15) is 57.6 Å². The average molecular weight is 501 g/mol. The number of pyridine rings is 1. The minimum Gasteiger partial charge on any atom is -0.443 e. The van der Waals surface area contributed by atoms with E-state index in [0.717, 1.165) is 53.4 Å². The first kappa shape index (κ1) is 22.6. The molecule has 32 heavy (non-hydrogen) atoms. The molecule has 4 rings (SSSR count). The number of carbonyl (C=O) groups excluding carboxylic acids is 2. The lowest BCUT2D eigenvalue weighted by Gasteiger charge is -2.41. The van der Waals surface area contributed by atoms with Crippen LogP contribution in [0.2, 0.25) is 0 Å². The van der Waals surface area contributed by atoms with Crippen molar-refractivity contribution in [3.63, 3.8) is 0 Å². The second-order valence-corrected chi connectivity index (χ2v) is 10.5. The van der Waals surface area contributed by atoms with Gasteiger partial charge in [0.1, 0.15) is 5.60 Å². The van der Waals surface area contributed by atoms with E-state index < -0.39 is 11.0 Å². The lowest BCUT2D eigenvalue weighted by molar-refractivity contribution is -0.124. The summed E-state index contributed by atoms with van der Waals surface area (Å²) in [6.07, 6.45) is 5.52. The van der Waals surface area contributed by atoms with Gasteiger partial charge in [0, 0.05) is 17.2 Å². The first-order valence-corrected chi connectivity index (χ1v) is 11.7. The number of hydrogen-bond donors (Lipinski definition) is 2. The molecule has 0 atom stereocenters. The molecule has 2 aromatic rings. The molecule has 2 amide bonds. The highest BCUT2D eigenvalue weighted by Crippen LogP contribution is 2.46. The molecule has 8 heteroatoms. The number of rotatable bonds is 3. The Labute approximate surface area is 196 Å². The molecule has 0 radical (unpaired) electrons. The van der Waals surface area contributed by atoms with Crippen LogP contribution >= 0.6 is 15.9 Å². The minimum atomic E-state index is -0.607. The van der Waals surface area contributed by atoms with Gasteiger partial charge in [-0.2, -0.15) is 0 Å².